The number of esters is 1. The van der Waals surface area contributed by atoms with Gasteiger partial charge in [0.25, 0.3) is 0 Å². The lowest BCUT2D eigenvalue weighted by atomic mass is 9.96. The number of ether oxygens (including phenoxy) is 1. The van der Waals surface area contributed by atoms with E-state index in [1.807, 2.05) is 16.8 Å². The molecule has 3 rings (SSSR count). The molecule has 1 fully saturated rings. The predicted octanol–water partition coefficient (Wildman–Crippen LogP) is 2.85. The van der Waals surface area contributed by atoms with Crippen molar-refractivity contribution in [1.29, 1.82) is 0 Å². The van der Waals surface area contributed by atoms with Gasteiger partial charge in [0.2, 0.25) is 11.7 Å². The molecule has 0 amide bonds. The predicted molar refractivity (Wildman–Crippen MR) is 69.7 cm³/mol. The first-order chi connectivity index (χ1) is 9.29. The Morgan fingerprint density at radius 3 is 3.16 bits per heavy atom. The monoisotopic (exact) mass is 278 g/mol. The van der Waals surface area contributed by atoms with Crippen molar-refractivity contribution in [3.8, 4) is 11.4 Å². The topological polar surface area (TPSA) is 65.2 Å². The highest BCUT2D eigenvalue weighted by molar-refractivity contribution is 7.08. The summed E-state index contributed by atoms with van der Waals surface area (Å²) in [6.45, 7) is 0. The molecule has 5 nitrogen and oxygen atoms in total. The zero-order valence-corrected chi connectivity index (χ0v) is 11.4. The average molecular weight is 278 g/mol. The first-order valence-corrected chi connectivity index (χ1v) is 7.18. The van der Waals surface area contributed by atoms with E-state index in [2.05, 4.69) is 10.1 Å². The molecule has 0 aromatic carbocycles. The average Bonchev–Trinajstić information content (AvgIpc) is 3.14. The smallest absolute Gasteiger partial charge is 0.309 e. The summed E-state index contributed by atoms with van der Waals surface area (Å²) >= 11 is 1.59. The summed E-state index contributed by atoms with van der Waals surface area (Å²) in [6, 6.07) is 1.95. The highest BCUT2D eigenvalue weighted by Gasteiger charge is 2.38. The van der Waals surface area contributed by atoms with E-state index in [1.165, 1.54) is 7.11 Å². The number of carbonyl (C=O) groups excluding carboxylic acids is 1. The van der Waals surface area contributed by atoms with Gasteiger partial charge in [-0.1, -0.05) is 11.6 Å². The molecular weight excluding hydrogens is 264 g/mol. The van der Waals surface area contributed by atoms with Crippen LogP contribution in [-0.2, 0) is 9.53 Å². The van der Waals surface area contributed by atoms with Crippen molar-refractivity contribution < 1.29 is 14.1 Å². The van der Waals surface area contributed by atoms with E-state index in [0.29, 0.717) is 11.7 Å². The summed E-state index contributed by atoms with van der Waals surface area (Å²) in [5.41, 5.74) is 0.951. The van der Waals surface area contributed by atoms with Gasteiger partial charge < -0.3 is 9.26 Å². The molecule has 0 unspecified atom stereocenters. The Morgan fingerprint density at radius 1 is 1.53 bits per heavy atom. The van der Waals surface area contributed by atoms with Crippen LogP contribution in [0.1, 0.15) is 31.1 Å². The van der Waals surface area contributed by atoms with E-state index in [1.54, 1.807) is 11.3 Å². The molecule has 1 aliphatic carbocycles. The van der Waals surface area contributed by atoms with Crippen molar-refractivity contribution in [2.24, 2.45) is 5.92 Å². The fraction of sp³-hybridized carbons (Fsp3) is 0.462. The van der Waals surface area contributed by atoms with E-state index in [0.717, 1.165) is 24.8 Å². The summed E-state index contributed by atoms with van der Waals surface area (Å²) < 4.78 is 10.2. The van der Waals surface area contributed by atoms with Crippen molar-refractivity contribution in [2.75, 3.05) is 7.11 Å². The second-order valence-corrected chi connectivity index (χ2v) is 5.42. The van der Waals surface area contributed by atoms with Crippen LogP contribution < -0.4 is 0 Å². The lowest BCUT2D eigenvalue weighted by Crippen LogP contribution is -2.19. The molecule has 1 aliphatic rings. The Hall–Kier alpha value is -1.69. The second kappa shape index (κ2) is 5.13. The highest BCUT2D eigenvalue weighted by atomic mass is 32.1. The number of aromatic nitrogens is 2. The molecule has 2 aromatic heterocycles. The van der Waals surface area contributed by atoms with Crippen molar-refractivity contribution in [3.05, 3.63) is 22.7 Å². The van der Waals surface area contributed by atoms with E-state index in [9.17, 15) is 4.79 Å². The molecule has 0 bridgehead atoms. The van der Waals surface area contributed by atoms with Gasteiger partial charge in [0.05, 0.1) is 18.9 Å². The molecule has 1 saturated carbocycles. The lowest BCUT2D eigenvalue weighted by Gasteiger charge is -2.12. The molecule has 0 radical (unpaired) electrons. The third-order valence-electron chi connectivity index (χ3n) is 3.56. The van der Waals surface area contributed by atoms with Gasteiger partial charge in [0, 0.05) is 10.9 Å². The van der Waals surface area contributed by atoms with Crippen LogP contribution in [0.4, 0.5) is 0 Å². The zero-order valence-electron chi connectivity index (χ0n) is 10.5. The van der Waals surface area contributed by atoms with Gasteiger partial charge in [0.1, 0.15) is 0 Å². The minimum atomic E-state index is -0.183. The SMILES string of the molecule is COC(=O)[C@@H]1CCC[C@H]1c1nc(-c2ccsc2)no1. The Balaban J connectivity index is 1.84. The number of thiophene rings is 1. The van der Waals surface area contributed by atoms with E-state index < -0.39 is 0 Å². The summed E-state index contributed by atoms with van der Waals surface area (Å²) in [5.74, 6) is 0.798. The molecule has 0 spiro atoms. The summed E-state index contributed by atoms with van der Waals surface area (Å²) in [6.07, 6.45) is 2.71. The van der Waals surface area contributed by atoms with Crippen molar-refractivity contribution in [3.63, 3.8) is 0 Å². The molecule has 0 saturated heterocycles. The van der Waals surface area contributed by atoms with Gasteiger partial charge >= 0.3 is 5.97 Å². The van der Waals surface area contributed by atoms with Crippen molar-refractivity contribution in [2.45, 2.75) is 25.2 Å². The molecule has 0 aliphatic heterocycles. The number of hydrogen-bond donors (Lipinski definition) is 0. The van der Waals surface area contributed by atoms with E-state index in [4.69, 9.17) is 9.26 Å². The standard InChI is InChI=1S/C13H14N2O3S/c1-17-13(16)10-4-2-3-9(10)12-14-11(15-18-12)8-5-6-19-7-8/h5-7,9-10H,2-4H2,1H3/t9-,10-/m1/s1. The Kier molecular flexibility index (Phi) is 3.33. The number of rotatable bonds is 3. The summed E-state index contributed by atoms with van der Waals surface area (Å²) in [7, 11) is 1.42. The number of hydrogen-bond acceptors (Lipinski definition) is 6. The highest BCUT2D eigenvalue weighted by Crippen LogP contribution is 2.40. The molecular formula is C13H14N2O3S. The quantitative estimate of drug-likeness (QED) is 0.808. The maximum atomic E-state index is 11.7. The molecule has 2 atom stereocenters. The van der Waals surface area contributed by atoms with Gasteiger partial charge in [-0.15, -0.1) is 0 Å². The van der Waals surface area contributed by atoms with Gasteiger partial charge in [-0.3, -0.25) is 4.79 Å². The number of nitrogens with zero attached hydrogens (tertiary/aromatic N) is 2. The van der Waals surface area contributed by atoms with Gasteiger partial charge in [-0.05, 0) is 24.3 Å². The van der Waals surface area contributed by atoms with Crippen LogP contribution >= 0.6 is 11.3 Å². The van der Waals surface area contributed by atoms with Crippen molar-refractivity contribution in [1.82, 2.24) is 10.1 Å². The second-order valence-electron chi connectivity index (χ2n) is 4.64. The molecule has 19 heavy (non-hydrogen) atoms. The largest absolute Gasteiger partial charge is 0.469 e. The van der Waals surface area contributed by atoms with Crippen LogP contribution in [0, 0.1) is 5.92 Å². The maximum Gasteiger partial charge on any atom is 0.309 e. The van der Waals surface area contributed by atoms with Crippen LogP contribution in [0.5, 0.6) is 0 Å². The normalized spacial score (nSPS) is 22.6. The fourth-order valence-electron chi connectivity index (χ4n) is 2.58. The van der Waals surface area contributed by atoms with E-state index >= 15 is 0 Å². The van der Waals surface area contributed by atoms with Gasteiger partial charge in [0.15, 0.2) is 0 Å². The summed E-state index contributed by atoms with van der Waals surface area (Å²) in [5, 5.41) is 7.93. The minimum absolute atomic E-state index is 0.00710. The van der Waals surface area contributed by atoms with Gasteiger partial charge in [-0.2, -0.15) is 16.3 Å². The van der Waals surface area contributed by atoms with Crippen LogP contribution in [-0.4, -0.2) is 23.2 Å². The number of carbonyl (C=O) groups is 1. The molecule has 0 N–H and O–H groups in total. The fourth-order valence-corrected chi connectivity index (χ4v) is 3.22. The first kappa shape index (κ1) is 12.3. The van der Waals surface area contributed by atoms with Crippen molar-refractivity contribution >= 4 is 17.3 Å². The van der Waals surface area contributed by atoms with Crippen LogP contribution in [0.25, 0.3) is 11.4 Å². The molecule has 2 heterocycles. The van der Waals surface area contributed by atoms with E-state index in [-0.39, 0.29) is 17.8 Å². The van der Waals surface area contributed by atoms with Gasteiger partial charge in [-0.25, -0.2) is 0 Å². The Labute approximate surface area is 114 Å². The van der Waals surface area contributed by atoms with Crippen LogP contribution in [0.3, 0.4) is 0 Å². The Bertz CT molecular complexity index is 564. The minimum Gasteiger partial charge on any atom is -0.469 e. The lowest BCUT2D eigenvalue weighted by molar-refractivity contribution is -0.145. The third kappa shape index (κ3) is 2.28. The molecule has 100 valence electrons. The molecule has 6 heteroatoms. The first-order valence-electron chi connectivity index (χ1n) is 6.23. The Morgan fingerprint density at radius 2 is 2.42 bits per heavy atom. The number of methoxy groups -OCH3 is 1. The molecule has 2 aromatic rings. The maximum absolute atomic E-state index is 11.7. The van der Waals surface area contributed by atoms with Crippen LogP contribution in [0.2, 0.25) is 0 Å². The summed E-state index contributed by atoms with van der Waals surface area (Å²) in [4.78, 5) is 16.1. The zero-order chi connectivity index (χ0) is 13.2. The van der Waals surface area contributed by atoms with Crippen LogP contribution in [0.15, 0.2) is 21.3 Å². The third-order valence-corrected chi connectivity index (χ3v) is 4.24.